The van der Waals surface area contributed by atoms with E-state index in [-0.39, 0.29) is 23.5 Å². The van der Waals surface area contributed by atoms with Crippen LogP contribution in [0.25, 0.3) is 0 Å². The van der Waals surface area contributed by atoms with Crippen LogP contribution in [0.3, 0.4) is 0 Å². The van der Waals surface area contributed by atoms with Crippen LogP contribution in [0.2, 0.25) is 18.1 Å². The van der Waals surface area contributed by atoms with Crippen LogP contribution in [0.15, 0.2) is 18.2 Å². The molecule has 0 saturated carbocycles. The molecule has 0 N–H and O–H groups in total. The highest BCUT2D eigenvalue weighted by Crippen LogP contribution is 2.39. The predicted octanol–water partition coefficient (Wildman–Crippen LogP) is 4.82. The molecule has 0 spiro atoms. The molecule has 7 heteroatoms. The van der Waals surface area contributed by atoms with Crippen molar-refractivity contribution in [2.45, 2.75) is 64.8 Å². The molecule has 30 heavy (non-hydrogen) atoms. The molecular weight excluding hydrogens is 396 g/mol. The Bertz CT molecular complexity index is 738. The highest BCUT2D eigenvalue weighted by Gasteiger charge is 2.39. The zero-order valence-electron chi connectivity index (χ0n) is 20.0. The van der Waals surface area contributed by atoms with E-state index in [9.17, 15) is 10.1 Å². The first kappa shape index (κ1) is 26.2. The van der Waals surface area contributed by atoms with Gasteiger partial charge in [0.05, 0.1) is 45.5 Å². The second-order valence-corrected chi connectivity index (χ2v) is 14.2. The summed E-state index contributed by atoms with van der Waals surface area (Å²) < 4.78 is 17.4. The Balaban J connectivity index is 3.47. The summed E-state index contributed by atoms with van der Waals surface area (Å²) in [4.78, 5) is 13.9. The summed E-state index contributed by atoms with van der Waals surface area (Å²) in [5.74, 6) is 1.30. The van der Waals surface area contributed by atoms with Crippen LogP contribution in [0.5, 0.6) is 11.5 Å². The predicted molar refractivity (Wildman–Crippen MR) is 122 cm³/mol. The molecule has 1 aromatic carbocycles. The van der Waals surface area contributed by atoms with Gasteiger partial charge < -0.3 is 18.7 Å². The molecule has 1 rings (SSSR count). The second-order valence-electron chi connectivity index (χ2n) is 9.40. The monoisotopic (exact) mass is 434 g/mol. The quantitative estimate of drug-likeness (QED) is 0.283. The second kappa shape index (κ2) is 10.9. The van der Waals surface area contributed by atoms with Gasteiger partial charge in [-0.2, -0.15) is 5.26 Å². The maximum atomic E-state index is 12.0. The fourth-order valence-electron chi connectivity index (χ4n) is 3.07. The highest BCUT2D eigenvalue weighted by atomic mass is 28.4. The molecule has 0 aliphatic rings. The van der Waals surface area contributed by atoms with E-state index in [1.165, 1.54) is 0 Å². The Labute approximate surface area is 183 Å². The molecule has 0 bridgehead atoms. The van der Waals surface area contributed by atoms with Crippen LogP contribution < -0.4 is 9.47 Å². The first-order chi connectivity index (χ1) is 13.9. The number of nitriles is 1. The molecule has 6 nitrogen and oxygen atoms in total. The average molecular weight is 435 g/mol. The Morgan fingerprint density at radius 1 is 1.17 bits per heavy atom. The summed E-state index contributed by atoms with van der Waals surface area (Å²) in [7, 11) is 1.16. The third-order valence-corrected chi connectivity index (χ3v) is 10.6. The van der Waals surface area contributed by atoms with E-state index >= 15 is 0 Å². The van der Waals surface area contributed by atoms with Crippen LogP contribution in [-0.4, -0.2) is 52.9 Å². The van der Waals surface area contributed by atoms with Crippen molar-refractivity contribution in [3.05, 3.63) is 23.8 Å². The van der Waals surface area contributed by atoms with Crippen LogP contribution in [0.1, 0.15) is 46.2 Å². The number of ether oxygens (including phenoxy) is 2. The van der Waals surface area contributed by atoms with E-state index in [1.807, 2.05) is 36.9 Å². The van der Waals surface area contributed by atoms with E-state index in [0.29, 0.717) is 18.1 Å². The topological polar surface area (TPSA) is 71.8 Å². The van der Waals surface area contributed by atoms with Crippen molar-refractivity contribution in [3.8, 4) is 17.6 Å². The van der Waals surface area contributed by atoms with Crippen LogP contribution in [0, 0.1) is 17.2 Å². The smallest absolute Gasteiger partial charge is 0.192 e. The van der Waals surface area contributed by atoms with Gasteiger partial charge in [-0.05, 0) is 41.7 Å². The van der Waals surface area contributed by atoms with Gasteiger partial charge in [-0.1, -0.05) is 40.7 Å². The Morgan fingerprint density at radius 2 is 1.77 bits per heavy atom. The fourth-order valence-corrected chi connectivity index (χ4v) is 4.08. The third kappa shape index (κ3) is 6.31. The largest absolute Gasteiger partial charge is 0.493 e. The lowest BCUT2D eigenvalue weighted by Gasteiger charge is -2.41. The molecule has 1 aromatic rings. The van der Waals surface area contributed by atoms with Gasteiger partial charge in [0.2, 0.25) is 0 Å². The molecule has 0 aliphatic carbocycles. The molecular formula is C23H38N2O4Si. The standard InChI is InChI=1S/C23H38N2O4Si/c1-17(2)19(15-26)25(13-12-24)20(16-29-30(8,9)23(3,4)5)18-10-11-21(27-6)22(14-18)28-7/h10-11,14-15,17,19-20H,13,16H2,1-9H3/t19-,20+/m1/s1. The molecule has 0 radical (unpaired) electrons. The summed E-state index contributed by atoms with van der Waals surface area (Å²) in [6.45, 7) is 15.5. The number of hydrogen-bond donors (Lipinski definition) is 0. The molecule has 0 amide bonds. The first-order valence-electron chi connectivity index (χ1n) is 10.4. The Hall–Kier alpha value is -1.88. The maximum Gasteiger partial charge on any atom is 0.192 e. The van der Waals surface area contributed by atoms with Crippen molar-refractivity contribution >= 4 is 14.6 Å². The van der Waals surface area contributed by atoms with Crippen molar-refractivity contribution in [1.29, 1.82) is 5.26 Å². The van der Waals surface area contributed by atoms with Gasteiger partial charge in [-0.15, -0.1) is 0 Å². The van der Waals surface area contributed by atoms with E-state index in [1.54, 1.807) is 14.2 Å². The van der Waals surface area contributed by atoms with Gasteiger partial charge in [0, 0.05) is 0 Å². The van der Waals surface area contributed by atoms with Crippen molar-refractivity contribution in [3.63, 3.8) is 0 Å². The number of carbonyl (C=O) groups excluding carboxylic acids is 1. The Kier molecular flexibility index (Phi) is 9.54. The average Bonchev–Trinajstić information content (AvgIpc) is 2.67. The lowest BCUT2D eigenvalue weighted by atomic mass is 9.98. The summed E-state index contributed by atoms with van der Waals surface area (Å²) in [6, 6.07) is 7.28. The number of benzene rings is 1. The van der Waals surface area contributed by atoms with Crippen LogP contribution in [0.4, 0.5) is 0 Å². The minimum absolute atomic E-state index is 0.0529. The van der Waals surface area contributed by atoms with Gasteiger partial charge in [0.1, 0.15) is 6.29 Å². The summed E-state index contributed by atoms with van der Waals surface area (Å²) in [5.41, 5.74) is 0.925. The molecule has 0 saturated heterocycles. The molecule has 0 aliphatic heterocycles. The van der Waals surface area contributed by atoms with E-state index in [0.717, 1.165) is 11.8 Å². The SMILES string of the molecule is COc1ccc([C@H](CO[Si](C)(C)C(C)(C)C)N(CC#N)[C@H](C=O)C(C)C)cc1OC. The molecule has 0 unspecified atom stereocenters. The van der Waals surface area contributed by atoms with Gasteiger partial charge in [0.15, 0.2) is 19.8 Å². The van der Waals surface area contributed by atoms with Crippen LogP contribution >= 0.6 is 0 Å². The molecule has 0 heterocycles. The Morgan fingerprint density at radius 3 is 2.20 bits per heavy atom. The van der Waals surface area contributed by atoms with E-state index in [4.69, 9.17) is 13.9 Å². The molecule has 0 aromatic heterocycles. The van der Waals surface area contributed by atoms with Gasteiger partial charge >= 0.3 is 0 Å². The van der Waals surface area contributed by atoms with Gasteiger partial charge in [0.25, 0.3) is 0 Å². The lowest BCUT2D eigenvalue weighted by molar-refractivity contribution is -0.114. The number of methoxy groups -OCH3 is 2. The van der Waals surface area contributed by atoms with Crippen molar-refractivity contribution in [2.24, 2.45) is 5.92 Å². The van der Waals surface area contributed by atoms with E-state index < -0.39 is 14.4 Å². The normalized spacial score (nSPS) is 14.3. The number of rotatable bonds is 11. The lowest BCUT2D eigenvalue weighted by Crippen LogP contribution is -2.47. The first-order valence-corrected chi connectivity index (χ1v) is 13.3. The number of carbonyl (C=O) groups is 1. The minimum atomic E-state index is -2.04. The fraction of sp³-hybridized carbons (Fsp3) is 0.652. The summed E-state index contributed by atoms with van der Waals surface area (Å²) in [6.07, 6.45) is 0.933. The zero-order valence-corrected chi connectivity index (χ0v) is 21.0. The molecule has 2 atom stereocenters. The van der Waals surface area contributed by atoms with Gasteiger partial charge in [-0.3, -0.25) is 4.90 Å². The zero-order chi connectivity index (χ0) is 23.1. The minimum Gasteiger partial charge on any atom is -0.493 e. The van der Waals surface area contributed by atoms with Crippen molar-refractivity contribution in [1.82, 2.24) is 4.90 Å². The summed E-state index contributed by atoms with van der Waals surface area (Å²) >= 11 is 0. The van der Waals surface area contributed by atoms with Gasteiger partial charge in [-0.25, -0.2) is 0 Å². The number of nitrogens with zero attached hydrogens (tertiary/aromatic N) is 2. The summed E-state index contributed by atoms with van der Waals surface area (Å²) in [5, 5.41) is 9.57. The number of aldehydes is 1. The number of hydrogen-bond acceptors (Lipinski definition) is 6. The van der Waals surface area contributed by atoms with E-state index in [2.05, 4.69) is 39.9 Å². The molecule has 168 valence electrons. The maximum absolute atomic E-state index is 12.0. The molecule has 0 fully saturated rings. The van der Waals surface area contributed by atoms with Crippen molar-refractivity contribution < 1.29 is 18.7 Å². The van der Waals surface area contributed by atoms with Crippen LogP contribution in [-0.2, 0) is 9.22 Å². The van der Waals surface area contributed by atoms with Crippen molar-refractivity contribution in [2.75, 3.05) is 27.4 Å². The highest BCUT2D eigenvalue weighted by molar-refractivity contribution is 6.74. The third-order valence-electron chi connectivity index (χ3n) is 6.06.